The van der Waals surface area contributed by atoms with Crippen LogP contribution >= 0.6 is 0 Å². The zero-order valence-corrected chi connectivity index (χ0v) is 8.75. The van der Waals surface area contributed by atoms with Crippen molar-refractivity contribution in [2.45, 2.75) is 26.7 Å². The van der Waals surface area contributed by atoms with E-state index >= 15 is 0 Å². The molecule has 0 fully saturated rings. The minimum Gasteiger partial charge on any atom is -0.493 e. The van der Waals surface area contributed by atoms with Crippen LogP contribution in [0.1, 0.15) is 37.0 Å². The first-order chi connectivity index (χ1) is 6.75. The number of ether oxygens (including phenoxy) is 1. The van der Waals surface area contributed by atoms with Crippen LogP contribution in [0.4, 0.5) is 0 Å². The molecule has 0 N–H and O–H groups in total. The van der Waals surface area contributed by atoms with Gasteiger partial charge in [0.25, 0.3) is 0 Å². The van der Waals surface area contributed by atoms with E-state index in [0.29, 0.717) is 17.9 Å². The average Bonchev–Trinajstić information content (AvgIpc) is 2.19. The molecule has 0 amide bonds. The lowest BCUT2D eigenvalue weighted by Crippen LogP contribution is -2.02. The van der Waals surface area contributed by atoms with Crippen molar-refractivity contribution in [3.05, 3.63) is 29.8 Å². The van der Waals surface area contributed by atoms with Gasteiger partial charge in [0, 0.05) is 0 Å². The summed E-state index contributed by atoms with van der Waals surface area (Å²) in [7, 11) is 0. The van der Waals surface area contributed by atoms with E-state index in [1.807, 2.05) is 18.2 Å². The van der Waals surface area contributed by atoms with Crippen LogP contribution in [0.5, 0.6) is 5.75 Å². The molecule has 14 heavy (non-hydrogen) atoms. The largest absolute Gasteiger partial charge is 0.493 e. The number of benzene rings is 1. The topological polar surface area (TPSA) is 26.3 Å². The molecule has 0 spiro atoms. The number of ketones is 1. The zero-order chi connectivity index (χ0) is 10.4. The maximum atomic E-state index is 11.2. The van der Waals surface area contributed by atoms with Crippen molar-refractivity contribution < 1.29 is 9.53 Å². The number of unbranched alkanes of at least 4 members (excludes halogenated alkanes) is 1. The lowest BCUT2D eigenvalue weighted by molar-refractivity contribution is 0.101. The predicted molar refractivity (Wildman–Crippen MR) is 56.8 cm³/mol. The molecular weight excluding hydrogens is 176 g/mol. The molecule has 2 nitrogen and oxygen atoms in total. The van der Waals surface area contributed by atoms with Gasteiger partial charge in [0.1, 0.15) is 5.75 Å². The fourth-order valence-electron chi connectivity index (χ4n) is 1.21. The van der Waals surface area contributed by atoms with Crippen LogP contribution in [0, 0.1) is 0 Å². The average molecular weight is 192 g/mol. The van der Waals surface area contributed by atoms with E-state index in [0.717, 1.165) is 12.8 Å². The van der Waals surface area contributed by atoms with Gasteiger partial charge in [-0.2, -0.15) is 0 Å². The Morgan fingerprint density at radius 2 is 2.07 bits per heavy atom. The molecule has 2 heteroatoms. The molecule has 0 unspecified atom stereocenters. The van der Waals surface area contributed by atoms with Crippen molar-refractivity contribution in [1.82, 2.24) is 0 Å². The number of hydrogen-bond donors (Lipinski definition) is 0. The second-order valence-electron chi connectivity index (χ2n) is 3.25. The van der Waals surface area contributed by atoms with E-state index in [-0.39, 0.29) is 5.78 Å². The molecule has 0 bridgehead atoms. The second kappa shape index (κ2) is 5.43. The summed E-state index contributed by atoms with van der Waals surface area (Å²) < 4.78 is 5.52. The first-order valence-corrected chi connectivity index (χ1v) is 4.98. The highest BCUT2D eigenvalue weighted by atomic mass is 16.5. The van der Waals surface area contributed by atoms with Gasteiger partial charge in [-0.3, -0.25) is 4.79 Å². The monoisotopic (exact) mass is 192 g/mol. The molecule has 0 radical (unpaired) electrons. The molecule has 1 aromatic carbocycles. The molecule has 76 valence electrons. The van der Waals surface area contributed by atoms with Crippen molar-refractivity contribution in [3.63, 3.8) is 0 Å². The Hall–Kier alpha value is -1.31. The van der Waals surface area contributed by atoms with Crippen LogP contribution in [0.25, 0.3) is 0 Å². The Bertz CT molecular complexity index is 305. The van der Waals surface area contributed by atoms with E-state index in [4.69, 9.17) is 4.74 Å². The van der Waals surface area contributed by atoms with E-state index in [1.165, 1.54) is 0 Å². The molecule has 0 heterocycles. The molecule has 0 aliphatic heterocycles. The smallest absolute Gasteiger partial charge is 0.163 e. The van der Waals surface area contributed by atoms with Gasteiger partial charge in [-0.05, 0) is 25.5 Å². The molecule has 0 atom stereocenters. The summed E-state index contributed by atoms with van der Waals surface area (Å²) in [6, 6.07) is 7.37. The van der Waals surface area contributed by atoms with Crippen molar-refractivity contribution in [2.75, 3.05) is 6.61 Å². The summed E-state index contributed by atoms with van der Waals surface area (Å²) in [6.07, 6.45) is 2.12. The lowest BCUT2D eigenvalue weighted by Gasteiger charge is -2.08. The molecule has 0 aromatic heterocycles. The number of Topliss-reactive ketones (excluding diaryl/α,β-unsaturated/α-hetero) is 1. The van der Waals surface area contributed by atoms with Crippen LogP contribution < -0.4 is 4.74 Å². The normalized spacial score (nSPS) is 9.86. The van der Waals surface area contributed by atoms with Gasteiger partial charge < -0.3 is 4.74 Å². The first kappa shape index (κ1) is 10.8. The van der Waals surface area contributed by atoms with Gasteiger partial charge in [-0.25, -0.2) is 0 Å². The van der Waals surface area contributed by atoms with Gasteiger partial charge in [-0.1, -0.05) is 25.5 Å². The lowest BCUT2D eigenvalue weighted by atomic mass is 10.1. The van der Waals surface area contributed by atoms with Gasteiger partial charge in [-0.15, -0.1) is 0 Å². The number of rotatable bonds is 5. The number of para-hydroxylation sites is 1. The summed E-state index contributed by atoms with van der Waals surface area (Å²) in [5, 5.41) is 0. The Labute approximate surface area is 84.9 Å². The van der Waals surface area contributed by atoms with Crippen molar-refractivity contribution in [3.8, 4) is 5.75 Å². The standard InChI is InChI=1S/C12H16O2/c1-3-4-9-14-12-8-6-5-7-11(12)10(2)13/h5-8H,3-4,9H2,1-2H3. The SMILES string of the molecule is CCCCOc1ccccc1C(C)=O. The van der Waals surface area contributed by atoms with Crippen molar-refractivity contribution >= 4 is 5.78 Å². The molecule has 0 saturated heterocycles. The summed E-state index contributed by atoms with van der Waals surface area (Å²) in [5.41, 5.74) is 0.670. The van der Waals surface area contributed by atoms with E-state index in [1.54, 1.807) is 13.0 Å². The van der Waals surface area contributed by atoms with Crippen LogP contribution in [0.3, 0.4) is 0 Å². The number of hydrogen-bond acceptors (Lipinski definition) is 2. The third-order valence-corrected chi connectivity index (χ3v) is 2.02. The highest BCUT2D eigenvalue weighted by Gasteiger charge is 2.06. The highest BCUT2D eigenvalue weighted by molar-refractivity contribution is 5.96. The van der Waals surface area contributed by atoms with Gasteiger partial charge in [0.15, 0.2) is 5.78 Å². The summed E-state index contributed by atoms with van der Waals surface area (Å²) in [4.78, 5) is 11.2. The summed E-state index contributed by atoms with van der Waals surface area (Å²) >= 11 is 0. The van der Waals surface area contributed by atoms with E-state index in [9.17, 15) is 4.79 Å². The predicted octanol–water partition coefficient (Wildman–Crippen LogP) is 3.07. The van der Waals surface area contributed by atoms with Crippen molar-refractivity contribution in [1.29, 1.82) is 0 Å². The van der Waals surface area contributed by atoms with E-state index in [2.05, 4.69) is 6.92 Å². The Balaban J connectivity index is 2.69. The zero-order valence-electron chi connectivity index (χ0n) is 8.75. The quantitative estimate of drug-likeness (QED) is 0.529. The maximum Gasteiger partial charge on any atom is 0.163 e. The fourth-order valence-corrected chi connectivity index (χ4v) is 1.21. The summed E-state index contributed by atoms with van der Waals surface area (Å²) in [6.45, 7) is 4.35. The second-order valence-corrected chi connectivity index (χ2v) is 3.25. The Kier molecular flexibility index (Phi) is 4.17. The molecule has 0 aliphatic rings. The number of carbonyl (C=O) groups excluding carboxylic acids is 1. The molecular formula is C12H16O2. The highest BCUT2D eigenvalue weighted by Crippen LogP contribution is 2.18. The third-order valence-electron chi connectivity index (χ3n) is 2.02. The van der Waals surface area contributed by atoms with Gasteiger partial charge in [0.2, 0.25) is 0 Å². The Morgan fingerprint density at radius 3 is 2.71 bits per heavy atom. The molecule has 0 saturated carbocycles. The minimum absolute atomic E-state index is 0.0529. The molecule has 1 rings (SSSR count). The maximum absolute atomic E-state index is 11.2. The fraction of sp³-hybridized carbons (Fsp3) is 0.417. The third kappa shape index (κ3) is 2.87. The van der Waals surface area contributed by atoms with Crippen LogP contribution in [0.15, 0.2) is 24.3 Å². The molecule has 0 aliphatic carbocycles. The summed E-state index contributed by atoms with van der Waals surface area (Å²) in [5.74, 6) is 0.755. The van der Waals surface area contributed by atoms with E-state index < -0.39 is 0 Å². The van der Waals surface area contributed by atoms with Gasteiger partial charge in [0.05, 0.1) is 12.2 Å². The van der Waals surface area contributed by atoms with Crippen LogP contribution in [-0.4, -0.2) is 12.4 Å². The van der Waals surface area contributed by atoms with Crippen LogP contribution in [-0.2, 0) is 0 Å². The number of carbonyl (C=O) groups is 1. The molecule has 1 aromatic rings. The first-order valence-electron chi connectivity index (χ1n) is 4.98. The van der Waals surface area contributed by atoms with Gasteiger partial charge >= 0.3 is 0 Å². The van der Waals surface area contributed by atoms with Crippen LogP contribution in [0.2, 0.25) is 0 Å². The van der Waals surface area contributed by atoms with Crippen molar-refractivity contribution in [2.24, 2.45) is 0 Å². The minimum atomic E-state index is 0.0529. The Morgan fingerprint density at radius 1 is 1.36 bits per heavy atom.